The van der Waals surface area contributed by atoms with Gasteiger partial charge in [-0.3, -0.25) is 9.59 Å². The maximum absolute atomic E-state index is 12.7. The fraction of sp³-hybridized carbons (Fsp3) is 0.600. The van der Waals surface area contributed by atoms with E-state index in [0.29, 0.717) is 23.5 Å². The number of rotatable bonds is 7. The van der Waals surface area contributed by atoms with Crippen LogP contribution in [0.1, 0.15) is 49.9 Å². The van der Waals surface area contributed by atoms with Crippen molar-refractivity contribution in [2.24, 2.45) is 5.92 Å². The molecule has 0 heterocycles. The molecule has 150 valence electrons. The number of benzene rings is 1. The number of aliphatic hydroxyl groups excluding tert-OH is 1. The summed E-state index contributed by atoms with van der Waals surface area (Å²) < 4.78 is 10.4. The molecule has 27 heavy (non-hydrogen) atoms. The van der Waals surface area contributed by atoms with Crippen LogP contribution in [-0.2, 0) is 4.79 Å². The Morgan fingerprint density at radius 2 is 1.67 bits per heavy atom. The van der Waals surface area contributed by atoms with E-state index in [-0.39, 0.29) is 23.8 Å². The number of carbonyl (C=O) groups excluding carboxylic acids is 2. The Morgan fingerprint density at radius 3 is 2.19 bits per heavy atom. The Balaban J connectivity index is 2.10. The number of amides is 2. The van der Waals surface area contributed by atoms with Crippen LogP contribution in [0.15, 0.2) is 18.2 Å². The van der Waals surface area contributed by atoms with E-state index in [4.69, 9.17) is 9.47 Å². The molecule has 0 radical (unpaired) electrons. The molecule has 0 spiro atoms. The minimum absolute atomic E-state index is 0.109. The highest BCUT2D eigenvalue weighted by Crippen LogP contribution is 2.23. The van der Waals surface area contributed by atoms with E-state index in [1.165, 1.54) is 14.2 Å². The topological polar surface area (TPSA) is 96.9 Å². The van der Waals surface area contributed by atoms with Crippen LogP contribution in [0.3, 0.4) is 0 Å². The van der Waals surface area contributed by atoms with Crippen LogP contribution in [0.2, 0.25) is 0 Å². The lowest BCUT2D eigenvalue weighted by molar-refractivity contribution is -0.125. The molecule has 0 unspecified atom stereocenters. The molecule has 1 aromatic rings. The highest BCUT2D eigenvalue weighted by Gasteiger charge is 2.30. The summed E-state index contributed by atoms with van der Waals surface area (Å²) in [6, 6.07) is 3.90. The Labute approximate surface area is 160 Å². The molecule has 1 saturated carbocycles. The first-order valence-electron chi connectivity index (χ1n) is 9.38. The number of hydrogen-bond acceptors (Lipinski definition) is 5. The molecule has 2 rings (SSSR count). The number of aliphatic hydroxyl groups is 1. The predicted molar refractivity (Wildman–Crippen MR) is 102 cm³/mol. The Morgan fingerprint density at radius 1 is 1.07 bits per heavy atom. The average molecular weight is 378 g/mol. The maximum Gasteiger partial charge on any atom is 0.252 e. The molecular weight excluding hydrogens is 348 g/mol. The summed E-state index contributed by atoms with van der Waals surface area (Å²) in [6.07, 6.45) is 2.85. The van der Waals surface area contributed by atoms with E-state index in [2.05, 4.69) is 10.6 Å². The van der Waals surface area contributed by atoms with Gasteiger partial charge in [-0.1, -0.05) is 26.7 Å². The second kappa shape index (κ2) is 9.60. The Kier molecular flexibility index (Phi) is 7.47. The van der Waals surface area contributed by atoms with Crippen LogP contribution in [0.5, 0.6) is 11.5 Å². The Hall–Kier alpha value is -2.28. The van der Waals surface area contributed by atoms with Crippen LogP contribution < -0.4 is 20.1 Å². The van der Waals surface area contributed by atoms with Crippen LogP contribution >= 0.6 is 0 Å². The van der Waals surface area contributed by atoms with Crippen molar-refractivity contribution < 1.29 is 24.2 Å². The van der Waals surface area contributed by atoms with Crippen molar-refractivity contribution in [1.82, 2.24) is 10.6 Å². The van der Waals surface area contributed by atoms with Crippen molar-refractivity contribution in [1.29, 1.82) is 0 Å². The lowest BCUT2D eigenvalue weighted by Gasteiger charge is -2.31. The molecule has 0 aliphatic heterocycles. The third kappa shape index (κ3) is 5.60. The lowest BCUT2D eigenvalue weighted by atomic mass is 9.92. The summed E-state index contributed by atoms with van der Waals surface area (Å²) in [4.78, 5) is 25.4. The molecule has 3 atom stereocenters. The van der Waals surface area contributed by atoms with E-state index in [9.17, 15) is 14.7 Å². The van der Waals surface area contributed by atoms with E-state index in [1.54, 1.807) is 18.2 Å². The van der Waals surface area contributed by atoms with Crippen LogP contribution in [0.4, 0.5) is 0 Å². The highest BCUT2D eigenvalue weighted by molar-refractivity contribution is 5.98. The summed E-state index contributed by atoms with van der Waals surface area (Å²) in [6.45, 7) is 3.74. The van der Waals surface area contributed by atoms with Gasteiger partial charge in [0.2, 0.25) is 5.91 Å². The number of methoxy groups -OCH3 is 2. The standard InChI is InChI=1S/C20H30N2O5/c1-12(2)18(20(25)21-16-7-5-6-8-17(16)23)22-19(24)13-9-14(26-3)11-15(10-13)27-4/h9-12,16-18,23H,5-8H2,1-4H3,(H,21,25)(H,22,24)/t16-,17-,18+/m1/s1. The molecule has 1 aliphatic rings. The number of hydrogen-bond donors (Lipinski definition) is 3. The average Bonchev–Trinajstić information content (AvgIpc) is 2.66. The first kappa shape index (κ1) is 21.0. The van der Waals surface area contributed by atoms with Crippen molar-refractivity contribution in [2.45, 2.75) is 57.7 Å². The second-order valence-corrected chi connectivity index (χ2v) is 7.26. The molecular formula is C20H30N2O5. The van der Waals surface area contributed by atoms with E-state index in [0.717, 1.165) is 19.3 Å². The van der Waals surface area contributed by atoms with Crippen LogP contribution in [0.25, 0.3) is 0 Å². The van der Waals surface area contributed by atoms with Gasteiger partial charge in [0, 0.05) is 11.6 Å². The summed E-state index contributed by atoms with van der Waals surface area (Å²) in [7, 11) is 3.02. The van der Waals surface area contributed by atoms with Gasteiger partial charge in [0.05, 0.1) is 26.4 Å². The minimum Gasteiger partial charge on any atom is -0.497 e. The van der Waals surface area contributed by atoms with Gasteiger partial charge in [-0.25, -0.2) is 0 Å². The van der Waals surface area contributed by atoms with Crippen molar-refractivity contribution >= 4 is 11.8 Å². The quantitative estimate of drug-likeness (QED) is 0.673. The van der Waals surface area contributed by atoms with Gasteiger partial charge in [-0.2, -0.15) is 0 Å². The molecule has 7 nitrogen and oxygen atoms in total. The molecule has 2 amide bonds. The number of ether oxygens (including phenoxy) is 2. The predicted octanol–water partition coefficient (Wildman–Crippen LogP) is 1.88. The van der Waals surface area contributed by atoms with Crippen LogP contribution in [0, 0.1) is 5.92 Å². The highest BCUT2D eigenvalue weighted by atomic mass is 16.5. The van der Waals surface area contributed by atoms with Crippen molar-refractivity contribution in [3.63, 3.8) is 0 Å². The summed E-state index contributed by atoms with van der Waals surface area (Å²) in [5.74, 6) is 0.220. The fourth-order valence-corrected chi connectivity index (χ4v) is 3.25. The van der Waals surface area contributed by atoms with Crippen molar-refractivity contribution in [3.8, 4) is 11.5 Å². The number of nitrogens with one attached hydrogen (secondary N) is 2. The van der Waals surface area contributed by atoms with E-state index < -0.39 is 12.1 Å². The molecule has 1 aromatic carbocycles. The molecule has 3 N–H and O–H groups in total. The molecule has 0 saturated heterocycles. The van der Waals surface area contributed by atoms with Gasteiger partial charge >= 0.3 is 0 Å². The summed E-state index contributed by atoms with van der Waals surface area (Å²) in [5, 5.41) is 15.8. The first-order chi connectivity index (χ1) is 12.8. The summed E-state index contributed by atoms with van der Waals surface area (Å²) in [5.41, 5.74) is 0.349. The molecule has 0 bridgehead atoms. The Bertz CT molecular complexity index is 640. The monoisotopic (exact) mass is 378 g/mol. The first-order valence-corrected chi connectivity index (χ1v) is 9.38. The largest absolute Gasteiger partial charge is 0.497 e. The van der Waals surface area contributed by atoms with E-state index in [1.807, 2.05) is 13.8 Å². The smallest absolute Gasteiger partial charge is 0.252 e. The zero-order chi connectivity index (χ0) is 20.0. The van der Waals surface area contributed by atoms with Gasteiger partial charge in [-0.15, -0.1) is 0 Å². The van der Waals surface area contributed by atoms with Gasteiger partial charge in [0.25, 0.3) is 5.91 Å². The summed E-state index contributed by atoms with van der Waals surface area (Å²) >= 11 is 0. The zero-order valence-electron chi connectivity index (χ0n) is 16.5. The van der Waals surface area contributed by atoms with Crippen molar-refractivity contribution in [3.05, 3.63) is 23.8 Å². The number of carbonyl (C=O) groups is 2. The lowest BCUT2D eigenvalue weighted by Crippen LogP contribution is -2.55. The van der Waals surface area contributed by atoms with Gasteiger partial charge in [-0.05, 0) is 30.9 Å². The van der Waals surface area contributed by atoms with E-state index >= 15 is 0 Å². The molecule has 0 aromatic heterocycles. The third-order valence-corrected chi connectivity index (χ3v) is 4.91. The van der Waals surface area contributed by atoms with Gasteiger partial charge in [0.1, 0.15) is 17.5 Å². The van der Waals surface area contributed by atoms with Gasteiger partial charge in [0.15, 0.2) is 0 Å². The minimum atomic E-state index is -0.705. The normalized spacial score (nSPS) is 20.7. The van der Waals surface area contributed by atoms with Gasteiger partial charge < -0.3 is 25.2 Å². The van der Waals surface area contributed by atoms with Crippen LogP contribution in [-0.4, -0.2) is 49.3 Å². The molecule has 1 fully saturated rings. The SMILES string of the molecule is COc1cc(OC)cc(C(=O)N[C@H](C(=O)N[C@@H]2CCCC[C@H]2O)C(C)C)c1. The molecule has 1 aliphatic carbocycles. The third-order valence-electron chi connectivity index (χ3n) is 4.91. The second-order valence-electron chi connectivity index (χ2n) is 7.26. The van der Waals surface area contributed by atoms with Crippen molar-refractivity contribution in [2.75, 3.05) is 14.2 Å². The molecule has 7 heteroatoms. The zero-order valence-corrected chi connectivity index (χ0v) is 16.5. The fourth-order valence-electron chi connectivity index (χ4n) is 3.25. The maximum atomic E-state index is 12.7.